The second-order valence-electron chi connectivity index (χ2n) is 7.31. The van der Waals surface area contributed by atoms with Gasteiger partial charge >= 0.3 is 0 Å². The van der Waals surface area contributed by atoms with Gasteiger partial charge in [0.1, 0.15) is 24.7 Å². The summed E-state index contributed by atoms with van der Waals surface area (Å²) in [5.41, 5.74) is 1.51. The largest absolute Gasteiger partial charge is 0.493 e. The molecule has 0 aromatic heterocycles. The van der Waals surface area contributed by atoms with Crippen molar-refractivity contribution in [2.45, 2.75) is 19.4 Å². The van der Waals surface area contributed by atoms with E-state index in [1.54, 1.807) is 18.2 Å². The van der Waals surface area contributed by atoms with E-state index < -0.39 is 0 Å². The first-order valence-corrected chi connectivity index (χ1v) is 10.8. The Labute approximate surface area is 188 Å². The minimum absolute atomic E-state index is 0.0888. The SMILES string of the molecule is CCOc1cc(C(=O)NC2CCOc3ccccc32)ccc1OCCOc1ccccc1. The number of nitrogens with one attached hydrogen (secondary N) is 1. The maximum Gasteiger partial charge on any atom is 0.251 e. The van der Waals surface area contributed by atoms with Crippen LogP contribution < -0.4 is 24.3 Å². The van der Waals surface area contributed by atoms with E-state index in [9.17, 15) is 4.79 Å². The van der Waals surface area contributed by atoms with Gasteiger partial charge in [-0.2, -0.15) is 0 Å². The molecule has 166 valence electrons. The van der Waals surface area contributed by atoms with Gasteiger partial charge in [0.2, 0.25) is 0 Å². The Balaban J connectivity index is 1.39. The summed E-state index contributed by atoms with van der Waals surface area (Å²) in [5.74, 6) is 2.57. The molecule has 1 unspecified atom stereocenters. The molecule has 0 bridgehead atoms. The van der Waals surface area contributed by atoms with Crippen molar-refractivity contribution in [3.8, 4) is 23.0 Å². The van der Waals surface area contributed by atoms with Crippen molar-refractivity contribution in [2.75, 3.05) is 26.4 Å². The zero-order chi connectivity index (χ0) is 22.2. The Kier molecular flexibility index (Phi) is 7.12. The first kappa shape index (κ1) is 21.6. The van der Waals surface area contributed by atoms with E-state index in [0.717, 1.165) is 23.5 Å². The number of ether oxygens (including phenoxy) is 4. The number of fused-ring (bicyclic) bond motifs is 1. The highest BCUT2D eigenvalue weighted by Gasteiger charge is 2.23. The normalized spacial score (nSPS) is 14.6. The van der Waals surface area contributed by atoms with Crippen LogP contribution in [-0.2, 0) is 0 Å². The molecule has 0 saturated carbocycles. The Morgan fingerprint density at radius 3 is 2.56 bits per heavy atom. The molecule has 1 N–H and O–H groups in total. The number of carbonyl (C=O) groups excluding carboxylic acids is 1. The number of hydrogen-bond donors (Lipinski definition) is 1. The quantitative estimate of drug-likeness (QED) is 0.491. The van der Waals surface area contributed by atoms with Gasteiger partial charge in [0.25, 0.3) is 5.91 Å². The van der Waals surface area contributed by atoms with Gasteiger partial charge in [-0.1, -0.05) is 36.4 Å². The first-order chi connectivity index (χ1) is 15.7. The molecule has 6 nitrogen and oxygen atoms in total. The predicted octanol–water partition coefficient (Wildman–Crippen LogP) is 4.80. The molecule has 1 aliphatic heterocycles. The summed E-state index contributed by atoms with van der Waals surface area (Å²) in [6.45, 7) is 3.70. The van der Waals surface area contributed by atoms with Crippen molar-refractivity contribution < 1.29 is 23.7 Å². The molecule has 0 radical (unpaired) electrons. The van der Waals surface area contributed by atoms with Crippen LogP contribution in [0.4, 0.5) is 0 Å². The zero-order valence-corrected chi connectivity index (χ0v) is 18.1. The highest BCUT2D eigenvalue weighted by Crippen LogP contribution is 2.33. The smallest absolute Gasteiger partial charge is 0.251 e. The van der Waals surface area contributed by atoms with Crippen molar-refractivity contribution in [1.82, 2.24) is 5.32 Å². The van der Waals surface area contributed by atoms with E-state index >= 15 is 0 Å². The molecular formula is C26H27NO5. The molecule has 32 heavy (non-hydrogen) atoms. The third-order valence-corrected chi connectivity index (χ3v) is 5.12. The number of rotatable bonds is 9. The summed E-state index contributed by atoms with van der Waals surface area (Å²) < 4.78 is 22.9. The van der Waals surface area contributed by atoms with E-state index in [0.29, 0.717) is 43.5 Å². The molecule has 6 heteroatoms. The second kappa shape index (κ2) is 10.6. The third kappa shape index (κ3) is 5.32. The Morgan fingerprint density at radius 2 is 1.72 bits per heavy atom. The molecule has 1 atom stereocenters. The van der Waals surface area contributed by atoms with Gasteiger partial charge in [-0.3, -0.25) is 4.79 Å². The summed E-state index contributed by atoms with van der Waals surface area (Å²) in [7, 11) is 0. The fourth-order valence-electron chi connectivity index (χ4n) is 3.60. The maximum absolute atomic E-state index is 12.9. The van der Waals surface area contributed by atoms with Gasteiger partial charge in [-0.05, 0) is 43.3 Å². The fourth-order valence-corrected chi connectivity index (χ4v) is 3.60. The van der Waals surface area contributed by atoms with Gasteiger partial charge in [-0.25, -0.2) is 0 Å². The Hall–Kier alpha value is -3.67. The average molecular weight is 434 g/mol. The highest BCUT2D eigenvalue weighted by atomic mass is 16.5. The van der Waals surface area contributed by atoms with Gasteiger partial charge in [0.15, 0.2) is 11.5 Å². The lowest BCUT2D eigenvalue weighted by Gasteiger charge is -2.26. The summed E-state index contributed by atoms with van der Waals surface area (Å²) in [5, 5.41) is 3.12. The van der Waals surface area contributed by atoms with Crippen LogP contribution >= 0.6 is 0 Å². The molecule has 0 aliphatic carbocycles. The van der Waals surface area contributed by atoms with Crippen molar-refractivity contribution in [3.63, 3.8) is 0 Å². The molecule has 0 saturated heterocycles. The average Bonchev–Trinajstić information content (AvgIpc) is 2.83. The van der Waals surface area contributed by atoms with Gasteiger partial charge in [0.05, 0.1) is 19.3 Å². The number of carbonyl (C=O) groups is 1. The zero-order valence-electron chi connectivity index (χ0n) is 18.1. The summed E-state index contributed by atoms with van der Waals surface area (Å²) in [6, 6.07) is 22.5. The maximum atomic E-state index is 12.9. The van der Waals surface area contributed by atoms with Crippen LogP contribution in [-0.4, -0.2) is 32.3 Å². The molecule has 3 aromatic carbocycles. The van der Waals surface area contributed by atoms with Crippen LogP contribution in [0.2, 0.25) is 0 Å². The monoisotopic (exact) mass is 433 g/mol. The van der Waals surface area contributed by atoms with Crippen molar-refractivity contribution in [2.24, 2.45) is 0 Å². The summed E-state index contributed by atoms with van der Waals surface area (Å²) in [4.78, 5) is 12.9. The van der Waals surface area contributed by atoms with Gasteiger partial charge in [0, 0.05) is 17.5 Å². The minimum Gasteiger partial charge on any atom is -0.493 e. The van der Waals surface area contributed by atoms with Gasteiger partial charge < -0.3 is 24.3 Å². The van der Waals surface area contributed by atoms with E-state index in [4.69, 9.17) is 18.9 Å². The van der Waals surface area contributed by atoms with E-state index in [1.807, 2.05) is 61.5 Å². The lowest BCUT2D eigenvalue weighted by molar-refractivity contribution is 0.0924. The molecule has 0 spiro atoms. The number of benzene rings is 3. The Bertz CT molecular complexity index is 1040. The highest BCUT2D eigenvalue weighted by molar-refractivity contribution is 5.95. The van der Waals surface area contributed by atoms with E-state index in [2.05, 4.69) is 5.32 Å². The third-order valence-electron chi connectivity index (χ3n) is 5.12. The van der Waals surface area contributed by atoms with E-state index in [-0.39, 0.29) is 11.9 Å². The van der Waals surface area contributed by atoms with Crippen molar-refractivity contribution in [3.05, 3.63) is 83.9 Å². The molecule has 1 heterocycles. The van der Waals surface area contributed by atoms with E-state index in [1.165, 1.54) is 0 Å². The van der Waals surface area contributed by atoms with Crippen LogP contribution in [0.15, 0.2) is 72.8 Å². The molecule has 4 rings (SSSR count). The van der Waals surface area contributed by atoms with Crippen LogP contribution in [0, 0.1) is 0 Å². The fraction of sp³-hybridized carbons (Fsp3) is 0.269. The summed E-state index contributed by atoms with van der Waals surface area (Å²) in [6.07, 6.45) is 0.726. The molecule has 1 aliphatic rings. The Morgan fingerprint density at radius 1 is 0.938 bits per heavy atom. The standard InChI is InChI=1S/C26H27NO5/c1-2-29-25-18-19(12-13-24(25)32-17-16-30-20-8-4-3-5-9-20)26(28)27-22-14-15-31-23-11-7-6-10-21(22)23/h3-13,18,22H,2,14-17H2,1H3,(H,27,28). The van der Waals surface area contributed by atoms with Crippen molar-refractivity contribution in [1.29, 1.82) is 0 Å². The lowest BCUT2D eigenvalue weighted by atomic mass is 10.00. The number of para-hydroxylation sites is 2. The lowest BCUT2D eigenvalue weighted by Crippen LogP contribution is -2.32. The topological polar surface area (TPSA) is 66.0 Å². The van der Waals surface area contributed by atoms with Crippen LogP contribution in [0.1, 0.15) is 35.3 Å². The molecule has 0 fully saturated rings. The second-order valence-corrected chi connectivity index (χ2v) is 7.31. The number of amides is 1. The molecule has 1 amide bonds. The van der Waals surface area contributed by atoms with Crippen LogP contribution in [0.5, 0.6) is 23.0 Å². The first-order valence-electron chi connectivity index (χ1n) is 10.8. The minimum atomic E-state index is -0.161. The number of hydrogen-bond acceptors (Lipinski definition) is 5. The molecular weight excluding hydrogens is 406 g/mol. The molecule has 3 aromatic rings. The summed E-state index contributed by atoms with van der Waals surface area (Å²) >= 11 is 0. The van der Waals surface area contributed by atoms with Crippen LogP contribution in [0.3, 0.4) is 0 Å². The van der Waals surface area contributed by atoms with Crippen LogP contribution in [0.25, 0.3) is 0 Å². The van der Waals surface area contributed by atoms with Gasteiger partial charge in [-0.15, -0.1) is 0 Å². The predicted molar refractivity (Wildman–Crippen MR) is 122 cm³/mol. The van der Waals surface area contributed by atoms with Crippen molar-refractivity contribution >= 4 is 5.91 Å².